The highest BCUT2D eigenvalue weighted by Gasteiger charge is 2.30. The summed E-state index contributed by atoms with van der Waals surface area (Å²) in [5.41, 5.74) is 0.667. The van der Waals surface area contributed by atoms with E-state index in [9.17, 15) is 13.2 Å². The highest BCUT2D eigenvalue weighted by atomic mass is 19.4. The quantitative estimate of drug-likeness (QED) is 0.605. The zero-order valence-electron chi connectivity index (χ0n) is 17.2. The average Bonchev–Trinajstić information content (AvgIpc) is 3.09. The molecule has 2 aromatic heterocycles. The second-order valence-corrected chi connectivity index (χ2v) is 7.30. The number of aromatic amines is 1. The Bertz CT molecular complexity index is 981. The number of anilines is 3. The van der Waals surface area contributed by atoms with E-state index >= 15 is 0 Å². The van der Waals surface area contributed by atoms with Crippen LogP contribution in [-0.2, 0) is 6.18 Å². The molecule has 0 amide bonds. The van der Waals surface area contributed by atoms with E-state index < -0.39 is 11.7 Å². The third kappa shape index (κ3) is 5.47. The number of halogens is 3. The molecule has 0 saturated carbocycles. The predicted octanol–water partition coefficient (Wildman–Crippen LogP) is 3.94. The van der Waals surface area contributed by atoms with Gasteiger partial charge >= 0.3 is 6.18 Å². The Morgan fingerprint density at radius 2 is 1.67 bits per heavy atom. The van der Waals surface area contributed by atoms with Crippen LogP contribution in [0, 0.1) is 6.92 Å². The topological polar surface area (TPSA) is 73.0 Å². The van der Waals surface area contributed by atoms with Gasteiger partial charge in [0, 0.05) is 43.5 Å². The van der Waals surface area contributed by atoms with Crippen molar-refractivity contribution in [1.82, 2.24) is 25.1 Å². The minimum absolute atomic E-state index is 0.327. The molecular formula is C20H24F3N7. The predicted molar refractivity (Wildman–Crippen MR) is 111 cm³/mol. The maximum absolute atomic E-state index is 12.9. The van der Waals surface area contributed by atoms with Crippen LogP contribution in [0.3, 0.4) is 0 Å². The summed E-state index contributed by atoms with van der Waals surface area (Å²) in [4.78, 5) is 13.1. The van der Waals surface area contributed by atoms with Crippen molar-refractivity contribution in [3.05, 3.63) is 47.7 Å². The lowest BCUT2D eigenvalue weighted by atomic mass is 10.1. The van der Waals surface area contributed by atoms with E-state index in [0.29, 0.717) is 28.8 Å². The molecule has 2 heterocycles. The van der Waals surface area contributed by atoms with Gasteiger partial charge in [0.2, 0.25) is 0 Å². The molecule has 0 aliphatic heterocycles. The largest absolute Gasteiger partial charge is 0.416 e. The second kappa shape index (κ2) is 8.70. The van der Waals surface area contributed by atoms with Crippen LogP contribution in [0.25, 0.3) is 11.4 Å². The first-order chi connectivity index (χ1) is 14.1. The van der Waals surface area contributed by atoms with E-state index in [2.05, 4.69) is 30.4 Å². The van der Waals surface area contributed by atoms with E-state index in [1.54, 1.807) is 6.07 Å². The summed E-state index contributed by atoms with van der Waals surface area (Å²) in [5.74, 6) is 2.06. The molecule has 30 heavy (non-hydrogen) atoms. The maximum Gasteiger partial charge on any atom is 0.416 e. The first kappa shape index (κ1) is 21.6. The van der Waals surface area contributed by atoms with Crippen LogP contribution in [0.15, 0.2) is 36.4 Å². The van der Waals surface area contributed by atoms with Gasteiger partial charge in [-0.15, -0.1) is 0 Å². The number of hydrogen-bond acceptors (Lipinski definition) is 6. The van der Waals surface area contributed by atoms with Gasteiger partial charge in [0.15, 0.2) is 11.6 Å². The Morgan fingerprint density at radius 3 is 2.23 bits per heavy atom. The lowest BCUT2D eigenvalue weighted by Crippen LogP contribution is -2.29. The van der Waals surface area contributed by atoms with E-state index in [0.717, 1.165) is 30.9 Å². The number of nitrogens with one attached hydrogen (secondary N) is 2. The molecule has 10 heteroatoms. The van der Waals surface area contributed by atoms with Gasteiger partial charge in [-0.3, -0.25) is 5.10 Å². The number of rotatable bonds is 7. The van der Waals surface area contributed by atoms with Gasteiger partial charge in [0.1, 0.15) is 11.6 Å². The highest BCUT2D eigenvalue weighted by molar-refractivity contribution is 5.64. The van der Waals surface area contributed by atoms with Crippen molar-refractivity contribution in [2.24, 2.45) is 0 Å². The third-order valence-electron chi connectivity index (χ3n) is 4.42. The normalized spacial score (nSPS) is 11.7. The van der Waals surface area contributed by atoms with E-state index in [-0.39, 0.29) is 0 Å². The number of likely N-dealkylation sites (N-methyl/N-ethyl adjacent to an activating group) is 2. The van der Waals surface area contributed by atoms with Crippen LogP contribution < -0.4 is 10.2 Å². The van der Waals surface area contributed by atoms with E-state index in [1.807, 2.05) is 39.0 Å². The van der Waals surface area contributed by atoms with Crippen molar-refractivity contribution in [3.8, 4) is 11.4 Å². The molecule has 7 nitrogen and oxygen atoms in total. The number of H-pyrrole nitrogens is 1. The van der Waals surface area contributed by atoms with Crippen molar-refractivity contribution in [2.45, 2.75) is 13.1 Å². The number of alkyl halides is 3. The average molecular weight is 419 g/mol. The number of hydrogen-bond donors (Lipinski definition) is 2. The minimum atomic E-state index is -4.39. The maximum atomic E-state index is 12.9. The summed E-state index contributed by atoms with van der Waals surface area (Å²) < 4.78 is 38.7. The molecule has 0 unspecified atom stereocenters. The Labute approximate surface area is 173 Å². The number of nitrogens with zero attached hydrogens (tertiary/aromatic N) is 5. The van der Waals surface area contributed by atoms with Gasteiger partial charge in [0.05, 0.1) is 5.56 Å². The Balaban J connectivity index is 1.96. The van der Waals surface area contributed by atoms with Crippen LogP contribution in [0.1, 0.15) is 11.3 Å². The number of aromatic nitrogens is 4. The molecule has 3 rings (SSSR count). The molecule has 2 N–H and O–H groups in total. The second-order valence-electron chi connectivity index (χ2n) is 7.30. The van der Waals surface area contributed by atoms with Gasteiger partial charge in [0.25, 0.3) is 0 Å². The summed E-state index contributed by atoms with van der Waals surface area (Å²) in [6.07, 6.45) is -4.39. The molecule has 160 valence electrons. The highest BCUT2D eigenvalue weighted by Crippen LogP contribution is 2.31. The zero-order chi connectivity index (χ0) is 21.9. The monoisotopic (exact) mass is 419 g/mol. The lowest BCUT2D eigenvalue weighted by molar-refractivity contribution is -0.137. The van der Waals surface area contributed by atoms with Gasteiger partial charge in [-0.25, -0.2) is 9.97 Å². The van der Waals surface area contributed by atoms with Crippen molar-refractivity contribution < 1.29 is 13.2 Å². The summed E-state index contributed by atoms with van der Waals surface area (Å²) >= 11 is 0. The molecule has 0 spiro atoms. The standard InChI is InChI=1S/C20H24F3N7/c1-13-11-17(28-27-13)24-16-12-18(30(4)10-9-29(2)3)26-19(25-16)14-5-7-15(8-6-14)20(21,22)23/h5-8,11-12H,9-10H2,1-4H3,(H2,24,25,26,27,28). The molecular weight excluding hydrogens is 395 g/mol. The third-order valence-corrected chi connectivity index (χ3v) is 4.42. The molecule has 0 aliphatic rings. The Hall–Kier alpha value is -3.14. The smallest absolute Gasteiger partial charge is 0.358 e. The fourth-order valence-corrected chi connectivity index (χ4v) is 2.71. The van der Waals surface area contributed by atoms with Crippen molar-refractivity contribution in [3.63, 3.8) is 0 Å². The van der Waals surface area contributed by atoms with Crippen LogP contribution in [-0.4, -0.2) is 59.3 Å². The summed E-state index contributed by atoms with van der Waals surface area (Å²) in [6.45, 7) is 3.42. The van der Waals surface area contributed by atoms with Crippen molar-refractivity contribution in [1.29, 1.82) is 0 Å². The molecule has 0 bridgehead atoms. The van der Waals surface area contributed by atoms with Gasteiger partial charge < -0.3 is 15.1 Å². The fraction of sp³-hybridized carbons (Fsp3) is 0.350. The summed E-state index contributed by atoms with van der Waals surface area (Å²) in [7, 11) is 5.87. The first-order valence-electron chi connectivity index (χ1n) is 9.33. The van der Waals surface area contributed by atoms with Crippen LogP contribution in [0.2, 0.25) is 0 Å². The molecule has 1 aromatic carbocycles. The Kier molecular flexibility index (Phi) is 6.25. The van der Waals surface area contributed by atoms with Crippen LogP contribution in [0.4, 0.5) is 30.6 Å². The number of benzene rings is 1. The summed E-state index contributed by atoms with van der Waals surface area (Å²) in [6, 6.07) is 8.44. The SMILES string of the molecule is Cc1cc(Nc2cc(N(C)CCN(C)C)nc(-c3ccc(C(F)(F)F)cc3)n2)n[nH]1. The minimum Gasteiger partial charge on any atom is -0.358 e. The van der Waals surface area contributed by atoms with Crippen LogP contribution in [0.5, 0.6) is 0 Å². The summed E-state index contributed by atoms with van der Waals surface area (Å²) in [5, 5.41) is 10.1. The molecule has 0 aliphatic carbocycles. The Morgan fingerprint density at radius 1 is 0.967 bits per heavy atom. The zero-order valence-corrected chi connectivity index (χ0v) is 17.2. The van der Waals surface area contributed by atoms with E-state index in [4.69, 9.17) is 0 Å². The molecule has 0 radical (unpaired) electrons. The molecule has 0 atom stereocenters. The number of aryl methyl sites for hydroxylation is 1. The van der Waals surface area contributed by atoms with Crippen molar-refractivity contribution >= 4 is 17.5 Å². The first-order valence-corrected chi connectivity index (χ1v) is 9.33. The van der Waals surface area contributed by atoms with Gasteiger partial charge in [-0.1, -0.05) is 12.1 Å². The van der Waals surface area contributed by atoms with Crippen molar-refractivity contribution in [2.75, 3.05) is 44.4 Å². The van der Waals surface area contributed by atoms with Gasteiger partial charge in [-0.05, 0) is 33.2 Å². The van der Waals surface area contributed by atoms with Crippen LogP contribution >= 0.6 is 0 Å². The lowest BCUT2D eigenvalue weighted by Gasteiger charge is -2.21. The molecule has 3 aromatic rings. The van der Waals surface area contributed by atoms with E-state index in [1.165, 1.54) is 12.1 Å². The fourth-order valence-electron chi connectivity index (χ4n) is 2.71. The van der Waals surface area contributed by atoms with Gasteiger partial charge in [-0.2, -0.15) is 18.3 Å². The molecule has 0 fully saturated rings. The molecule has 0 saturated heterocycles.